The summed E-state index contributed by atoms with van der Waals surface area (Å²) < 4.78 is 1.32. The maximum Gasteiger partial charge on any atom is 0.331 e. The van der Waals surface area contributed by atoms with Crippen molar-refractivity contribution in [2.24, 2.45) is 0 Å². The van der Waals surface area contributed by atoms with Gasteiger partial charge in [-0.2, -0.15) is 0 Å². The molecule has 1 saturated carbocycles. The second kappa shape index (κ2) is 5.16. The third-order valence-electron chi connectivity index (χ3n) is 3.06. The third kappa shape index (κ3) is 2.69. The zero-order valence-corrected chi connectivity index (χ0v) is 10.7. The largest absolute Gasteiger partial charge is 0.349 e. The van der Waals surface area contributed by atoms with Gasteiger partial charge in [-0.15, -0.1) is 0 Å². The Morgan fingerprint density at radius 2 is 2.05 bits per heavy atom. The van der Waals surface area contributed by atoms with E-state index in [1.807, 2.05) is 0 Å². The van der Waals surface area contributed by atoms with Crippen molar-refractivity contribution in [1.82, 2.24) is 14.9 Å². The smallest absolute Gasteiger partial charge is 0.331 e. The molecule has 2 aromatic rings. The van der Waals surface area contributed by atoms with E-state index < -0.39 is 0 Å². The summed E-state index contributed by atoms with van der Waals surface area (Å²) in [6, 6.07) is 6.87. The third-order valence-corrected chi connectivity index (χ3v) is 3.06. The van der Waals surface area contributed by atoms with Gasteiger partial charge in [0, 0.05) is 18.4 Å². The molecule has 1 aliphatic carbocycles. The average Bonchev–Trinajstić information content (AvgIpc) is 3.08. The summed E-state index contributed by atoms with van der Waals surface area (Å²) in [7, 11) is 0. The van der Waals surface area contributed by atoms with Crippen molar-refractivity contribution in [1.29, 1.82) is 0 Å². The first kappa shape index (κ1) is 12.4. The molecule has 0 unspecified atom stereocenters. The number of hydrogen-bond donors (Lipinski definition) is 2. The zero-order valence-electron chi connectivity index (χ0n) is 10.7. The normalized spacial score (nSPS) is 13.8. The number of nitrogens with zero attached hydrogens (tertiary/aromatic N) is 2. The summed E-state index contributed by atoms with van der Waals surface area (Å²) in [5, 5.41) is 5.62. The molecule has 1 aliphatic rings. The minimum atomic E-state index is -0.353. The molecule has 6 nitrogen and oxygen atoms in total. The molecule has 102 valence electrons. The Morgan fingerprint density at radius 3 is 2.75 bits per heavy atom. The van der Waals surface area contributed by atoms with Crippen LogP contribution in [0.3, 0.4) is 0 Å². The zero-order chi connectivity index (χ0) is 13.9. The Bertz CT molecular complexity index is 632. The van der Waals surface area contributed by atoms with E-state index in [-0.39, 0.29) is 18.0 Å². The van der Waals surface area contributed by atoms with E-state index >= 15 is 0 Å². The van der Waals surface area contributed by atoms with Gasteiger partial charge in [-0.05, 0) is 25.0 Å². The van der Waals surface area contributed by atoms with E-state index in [0.29, 0.717) is 11.3 Å². The molecule has 1 aromatic heterocycles. The van der Waals surface area contributed by atoms with Gasteiger partial charge in [0.2, 0.25) is 0 Å². The fourth-order valence-corrected chi connectivity index (χ4v) is 1.84. The van der Waals surface area contributed by atoms with E-state index in [0.717, 1.165) is 12.8 Å². The second-order valence-electron chi connectivity index (χ2n) is 4.69. The summed E-state index contributed by atoms with van der Waals surface area (Å²) in [4.78, 5) is 27.9. The summed E-state index contributed by atoms with van der Waals surface area (Å²) >= 11 is 0. The molecule has 0 saturated heterocycles. The summed E-state index contributed by atoms with van der Waals surface area (Å²) in [5.41, 5.74) is 0.956. The van der Waals surface area contributed by atoms with Crippen molar-refractivity contribution in [3.05, 3.63) is 48.5 Å². The summed E-state index contributed by atoms with van der Waals surface area (Å²) in [6.07, 6.45) is 6.51. The number of carbonyl (C=O) groups is 2. The lowest BCUT2D eigenvalue weighted by Gasteiger charge is -2.11. The molecule has 1 aromatic carbocycles. The number of amides is 2. The lowest BCUT2D eigenvalue weighted by atomic mass is 10.1. The SMILES string of the molecule is O=C(NC1CC1)c1ccccc1NC(=O)n1ccnc1. The topological polar surface area (TPSA) is 76.0 Å². The fraction of sp³-hybridized carbons (Fsp3) is 0.214. The molecule has 2 amide bonds. The van der Waals surface area contributed by atoms with E-state index in [4.69, 9.17) is 0 Å². The number of carbonyl (C=O) groups excluding carboxylic acids is 2. The van der Waals surface area contributed by atoms with Crippen molar-refractivity contribution in [2.75, 3.05) is 5.32 Å². The highest BCUT2D eigenvalue weighted by molar-refractivity contribution is 6.03. The van der Waals surface area contributed by atoms with Crippen LogP contribution in [0.25, 0.3) is 0 Å². The lowest BCUT2D eigenvalue weighted by Crippen LogP contribution is -2.27. The molecular weight excluding hydrogens is 256 g/mol. The Kier molecular flexibility index (Phi) is 3.20. The predicted molar refractivity (Wildman–Crippen MR) is 73.6 cm³/mol. The summed E-state index contributed by atoms with van der Waals surface area (Å²) in [6.45, 7) is 0. The molecule has 0 aliphatic heterocycles. The van der Waals surface area contributed by atoms with Crippen LogP contribution in [-0.2, 0) is 0 Å². The van der Waals surface area contributed by atoms with Crippen molar-refractivity contribution in [2.45, 2.75) is 18.9 Å². The van der Waals surface area contributed by atoms with Gasteiger partial charge in [0.1, 0.15) is 6.33 Å². The minimum absolute atomic E-state index is 0.158. The number of nitrogens with one attached hydrogen (secondary N) is 2. The number of anilines is 1. The molecule has 0 spiro atoms. The van der Waals surface area contributed by atoms with Crippen molar-refractivity contribution in [3.63, 3.8) is 0 Å². The Labute approximate surface area is 115 Å². The van der Waals surface area contributed by atoms with Crippen LogP contribution in [-0.4, -0.2) is 27.5 Å². The quantitative estimate of drug-likeness (QED) is 0.893. The van der Waals surface area contributed by atoms with E-state index in [9.17, 15) is 9.59 Å². The van der Waals surface area contributed by atoms with Gasteiger partial charge < -0.3 is 10.6 Å². The van der Waals surface area contributed by atoms with E-state index in [1.54, 1.807) is 30.5 Å². The molecule has 2 N–H and O–H groups in total. The van der Waals surface area contributed by atoms with Crippen LogP contribution in [0.1, 0.15) is 23.2 Å². The van der Waals surface area contributed by atoms with Gasteiger partial charge in [-0.3, -0.25) is 9.36 Å². The maximum absolute atomic E-state index is 12.1. The average molecular weight is 270 g/mol. The van der Waals surface area contributed by atoms with Crippen LogP contribution >= 0.6 is 0 Å². The number of benzene rings is 1. The standard InChI is InChI=1S/C14H14N4O2/c19-13(16-10-5-6-10)11-3-1-2-4-12(11)17-14(20)18-8-7-15-9-18/h1-4,7-10H,5-6H2,(H,16,19)(H,17,20). The molecule has 3 rings (SSSR count). The predicted octanol–water partition coefficient (Wildman–Crippen LogP) is 1.86. The number of aromatic nitrogens is 2. The maximum atomic E-state index is 12.1. The van der Waals surface area contributed by atoms with Gasteiger partial charge in [0.25, 0.3) is 5.91 Å². The van der Waals surface area contributed by atoms with Gasteiger partial charge >= 0.3 is 6.03 Å². The van der Waals surface area contributed by atoms with Crippen molar-refractivity contribution in [3.8, 4) is 0 Å². The highest BCUT2D eigenvalue weighted by Gasteiger charge is 2.25. The van der Waals surface area contributed by atoms with Crippen molar-refractivity contribution < 1.29 is 9.59 Å². The first-order valence-corrected chi connectivity index (χ1v) is 6.43. The van der Waals surface area contributed by atoms with Gasteiger partial charge in [-0.1, -0.05) is 12.1 Å². The molecule has 6 heteroatoms. The number of para-hydroxylation sites is 1. The lowest BCUT2D eigenvalue weighted by molar-refractivity contribution is 0.0952. The highest BCUT2D eigenvalue weighted by atomic mass is 16.2. The highest BCUT2D eigenvalue weighted by Crippen LogP contribution is 2.21. The Morgan fingerprint density at radius 1 is 1.25 bits per heavy atom. The number of rotatable bonds is 3. The van der Waals surface area contributed by atoms with Gasteiger partial charge in [-0.25, -0.2) is 9.78 Å². The van der Waals surface area contributed by atoms with Crippen LogP contribution < -0.4 is 10.6 Å². The molecule has 0 atom stereocenters. The van der Waals surface area contributed by atoms with Crippen molar-refractivity contribution >= 4 is 17.6 Å². The van der Waals surface area contributed by atoms with E-state index in [1.165, 1.54) is 17.1 Å². The monoisotopic (exact) mass is 270 g/mol. The van der Waals surface area contributed by atoms with Crippen LogP contribution in [0.2, 0.25) is 0 Å². The van der Waals surface area contributed by atoms with Gasteiger partial charge in [0.15, 0.2) is 0 Å². The molecule has 0 bridgehead atoms. The first-order chi connectivity index (χ1) is 9.74. The molecular formula is C14H14N4O2. The van der Waals surface area contributed by atoms with Crippen LogP contribution in [0.4, 0.5) is 10.5 Å². The molecule has 1 heterocycles. The molecule has 20 heavy (non-hydrogen) atoms. The first-order valence-electron chi connectivity index (χ1n) is 6.43. The van der Waals surface area contributed by atoms with Crippen LogP contribution in [0.5, 0.6) is 0 Å². The minimum Gasteiger partial charge on any atom is -0.349 e. The van der Waals surface area contributed by atoms with E-state index in [2.05, 4.69) is 15.6 Å². The number of imidazole rings is 1. The van der Waals surface area contributed by atoms with Crippen LogP contribution in [0, 0.1) is 0 Å². The Hall–Kier alpha value is -2.63. The fourth-order valence-electron chi connectivity index (χ4n) is 1.84. The summed E-state index contributed by atoms with van der Waals surface area (Å²) in [5.74, 6) is -0.158. The van der Waals surface area contributed by atoms with Crippen LogP contribution in [0.15, 0.2) is 43.0 Å². The second-order valence-corrected chi connectivity index (χ2v) is 4.69. The van der Waals surface area contributed by atoms with Gasteiger partial charge in [0.05, 0.1) is 11.3 Å². The number of hydrogen-bond acceptors (Lipinski definition) is 3. The molecule has 1 fully saturated rings. The Balaban J connectivity index is 1.78. The molecule has 0 radical (unpaired) electrons.